The molecule has 0 aliphatic carbocycles. The minimum absolute atomic E-state index is 0.307. The number of nitrogen functional groups attached to an aromatic ring is 1. The van der Waals surface area contributed by atoms with Gasteiger partial charge in [-0.05, 0) is 41.1 Å². The highest BCUT2D eigenvalue weighted by Gasteiger charge is 2.14. The average molecular weight is 356 g/mol. The molecule has 0 unspecified atom stereocenters. The summed E-state index contributed by atoms with van der Waals surface area (Å²) in [6.07, 6.45) is 1.54. The lowest BCUT2D eigenvalue weighted by atomic mass is 10.2. The predicted octanol–water partition coefficient (Wildman–Crippen LogP) is 3.28. The number of nitrogens with two attached hydrogens (primary N) is 1. The number of halogens is 1. The topological polar surface area (TPSA) is 77.2 Å². The number of aromatic nitrogens is 1. The fourth-order valence-corrected chi connectivity index (χ4v) is 3.04. The van der Waals surface area contributed by atoms with Gasteiger partial charge >= 0.3 is 5.97 Å². The number of nitrogens with one attached hydrogen (secondary N) is 1. The molecule has 0 saturated heterocycles. The second-order valence-electron chi connectivity index (χ2n) is 3.90. The van der Waals surface area contributed by atoms with Crippen LogP contribution in [0.4, 0.5) is 11.5 Å². The van der Waals surface area contributed by atoms with Gasteiger partial charge in [0.05, 0.1) is 28.2 Å². The van der Waals surface area contributed by atoms with Gasteiger partial charge in [0.15, 0.2) is 0 Å². The molecular weight excluding hydrogens is 342 g/mol. The van der Waals surface area contributed by atoms with Crippen molar-refractivity contribution in [3.05, 3.63) is 38.6 Å². The highest BCUT2D eigenvalue weighted by molar-refractivity contribution is 9.11. The fourth-order valence-electron chi connectivity index (χ4n) is 1.62. The SMILES string of the molecule is CCOC(=O)c1ccnc(NCc2ccc(Br)s2)c1N. The van der Waals surface area contributed by atoms with E-state index in [2.05, 4.69) is 26.2 Å². The van der Waals surface area contributed by atoms with Crippen molar-refractivity contribution in [3.8, 4) is 0 Å². The molecule has 2 aromatic heterocycles. The van der Waals surface area contributed by atoms with Crippen LogP contribution >= 0.6 is 27.3 Å². The predicted molar refractivity (Wildman–Crippen MR) is 84.0 cm³/mol. The highest BCUT2D eigenvalue weighted by Crippen LogP contribution is 2.25. The molecule has 0 bridgehead atoms. The first kappa shape index (κ1) is 14.8. The van der Waals surface area contributed by atoms with E-state index in [-0.39, 0.29) is 0 Å². The van der Waals surface area contributed by atoms with Gasteiger partial charge < -0.3 is 15.8 Å². The summed E-state index contributed by atoms with van der Waals surface area (Å²) in [6, 6.07) is 5.54. The molecule has 0 amide bonds. The minimum atomic E-state index is -0.436. The van der Waals surface area contributed by atoms with Gasteiger partial charge in [-0.25, -0.2) is 9.78 Å². The van der Waals surface area contributed by atoms with E-state index in [0.717, 1.165) is 8.66 Å². The number of esters is 1. The zero-order valence-electron chi connectivity index (χ0n) is 10.9. The molecule has 0 aromatic carbocycles. The fraction of sp³-hybridized carbons (Fsp3) is 0.231. The smallest absolute Gasteiger partial charge is 0.340 e. The van der Waals surface area contributed by atoms with Crippen molar-refractivity contribution < 1.29 is 9.53 Å². The zero-order valence-corrected chi connectivity index (χ0v) is 13.3. The van der Waals surface area contributed by atoms with Crippen molar-refractivity contribution in [1.82, 2.24) is 4.98 Å². The van der Waals surface area contributed by atoms with Crippen LogP contribution < -0.4 is 11.1 Å². The van der Waals surface area contributed by atoms with Gasteiger partial charge in [-0.15, -0.1) is 11.3 Å². The molecule has 2 heterocycles. The van der Waals surface area contributed by atoms with Crippen molar-refractivity contribution >= 4 is 44.7 Å². The van der Waals surface area contributed by atoms with E-state index in [9.17, 15) is 4.79 Å². The summed E-state index contributed by atoms with van der Waals surface area (Å²) in [5.41, 5.74) is 6.59. The van der Waals surface area contributed by atoms with Gasteiger partial charge in [0.1, 0.15) is 5.82 Å². The number of ether oxygens (including phenoxy) is 1. The minimum Gasteiger partial charge on any atom is -0.462 e. The summed E-state index contributed by atoms with van der Waals surface area (Å²) in [5, 5.41) is 3.13. The van der Waals surface area contributed by atoms with Crippen LogP contribution in [-0.4, -0.2) is 17.6 Å². The number of carbonyl (C=O) groups is 1. The summed E-state index contributed by atoms with van der Waals surface area (Å²) in [5.74, 6) is 0.0504. The van der Waals surface area contributed by atoms with Gasteiger partial charge in [-0.3, -0.25) is 0 Å². The number of hydrogen-bond acceptors (Lipinski definition) is 6. The van der Waals surface area contributed by atoms with Crippen LogP contribution in [0.3, 0.4) is 0 Å². The Hall–Kier alpha value is -1.60. The number of nitrogens with zero attached hydrogens (tertiary/aromatic N) is 1. The van der Waals surface area contributed by atoms with Crippen LogP contribution in [-0.2, 0) is 11.3 Å². The summed E-state index contributed by atoms with van der Waals surface area (Å²) in [6.45, 7) is 2.66. The number of rotatable bonds is 5. The lowest BCUT2D eigenvalue weighted by molar-refractivity contribution is 0.0527. The van der Waals surface area contributed by atoms with Crippen LogP contribution in [0, 0.1) is 0 Å². The van der Waals surface area contributed by atoms with Gasteiger partial charge in [0, 0.05) is 11.1 Å². The third kappa shape index (κ3) is 3.49. The Labute approximate surface area is 129 Å². The normalized spacial score (nSPS) is 10.3. The van der Waals surface area contributed by atoms with Gasteiger partial charge in [-0.2, -0.15) is 0 Å². The molecule has 0 saturated carbocycles. The van der Waals surface area contributed by atoms with E-state index in [0.29, 0.717) is 30.2 Å². The largest absolute Gasteiger partial charge is 0.462 e. The molecule has 0 fully saturated rings. The maximum Gasteiger partial charge on any atom is 0.340 e. The van der Waals surface area contributed by atoms with Crippen molar-refractivity contribution in [2.24, 2.45) is 0 Å². The van der Waals surface area contributed by atoms with Crippen molar-refractivity contribution in [2.75, 3.05) is 17.7 Å². The van der Waals surface area contributed by atoms with Gasteiger partial charge in [0.2, 0.25) is 0 Å². The van der Waals surface area contributed by atoms with Crippen LogP contribution in [0.2, 0.25) is 0 Å². The Kier molecular flexibility index (Phi) is 4.97. The first-order valence-electron chi connectivity index (χ1n) is 6.01. The monoisotopic (exact) mass is 355 g/mol. The Balaban J connectivity index is 2.12. The standard InChI is InChI=1S/C13H14BrN3O2S/c1-2-19-13(18)9-5-6-16-12(11(9)15)17-7-8-3-4-10(14)20-8/h3-6H,2,7,15H2,1H3,(H,16,17). The van der Waals surface area contributed by atoms with Crippen molar-refractivity contribution in [2.45, 2.75) is 13.5 Å². The number of pyridine rings is 1. The zero-order chi connectivity index (χ0) is 14.5. The lowest BCUT2D eigenvalue weighted by Crippen LogP contribution is -2.11. The van der Waals surface area contributed by atoms with E-state index >= 15 is 0 Å². The maximum atomic E-state index is 11.7. The molecule has 0 aliphatic heterocycles. The third-order valence-corrected chi connectivity index (χ3v) is 4.17. The van der Waals surface area contributed by atoms with Crippen LogP contribution in [0.15, 0.2) is 28.2 Å². The van der Waals surface area contributed by atoms with Crippen LogP contribution in [0.5, 0.6) is 0 Å². The average Bonchev–Trinajstić information content (AvgIpc) is 2.83. The van der Waals surface area contributed by atoms with Crippen molar-refractivity contribution in [3.63, 3.8) is 0 Å². The Morgan fingerprint density at radius 2 is 2.30 bits per heavy atom. The first-order valence-corrected chi connectivity index (χ1v) is 7.62. The number of anilines is 2. The summed E-state index contributed by atoms with van der Waals surface area (Å²) in [4.78, 5) is 17.0. The molecule has 5 nitrogen and oxygen atoms in total. The van der Waals surface area contributed by atoms with E-state index in [1.54, 1.807) is 24.3 Å². The Morgan fingerprint density at radius 3 is 2.95 bits per heavy atom. The second-order valence-corrected chi connectivity index (χ2v) is 6.45. The number of hydrogen-bond donors (Lipinski definition) is 2. The van der Waals surface area contributed by atoms with Gasteiger partial charge in [-0.1, -0.05) is 0 Å². The molecule has 0 aliphatic rings. The van der Waals surface area contributed by atoms with Gasteiger partial charge in [0.25, 0.3) is 0 Å². The maximum absolute atomic E-state index is 11.7. The Bertz CT molecular complexity index is 615. The van der Waals surface area contributed by atoms with E-state index < -0.39 is 5.97 Å². The quantitative estimate of drug-likeness (QED) is 0.804. The molecular formula is C13H14BrN3O2S. The molecule has 3 N–H and O–H groups in total. The summed E-state index contributed by atoms with van der Waals surface area (Å²) < 4.78 is 6.02. The van der Waals surface area contributed by atoms with E-state index in [1.807, 2.05) is 12.1 Å². The molecule has 0 atom stereocenters. The highest BCUT2D eigenvalue weighted by atomic mass is 79.9. The molecule has 2 rings (SSSR count). The molecule has 0 radical (unpaired) electrons. The molecule has 106 valence electrons. The molecule has 2 aromatic rings. The van der Waals surface area contributed by atoms with Crippen LogP contribution in [0.25, 0.3) is 0 Å². The summed E-state index contributed by atoms with van der Waals surface area (Å²) >= 11 is 5.04. The lowest BCUT2D eigenvalue weighted by Gasteiger charge is -2.10. The third-order valence-electron chi connectivity index (χ3n) is 2.54. The number of carbonyl (C=O) groups excluding carboxylic acids is 1. The second kappa shape index (κ2) is 6.71. The number of thiophene rings is 1. The first-order chi connectivity index (χ1) is 9.61. The molecule has 7 heteroatoms. The van der Waals surface area contributed by atoms with E-state index in [1.165, 1.54) is 6.20 Å². The molecule has 20 heavy (non-hydrogen) atoms. The Morgan fingerprint density at radius 1 is 1.50 bits per heavy atom. The van der Waals surface area contributed by atoms with Crippen molar-refractivity contribution in [1.29, 1.82) is 0 Å². The van der Waals surface area contributed by atoms with Crippen LogP contribution in [0.1, 0.15) is 22.2 Å². The molecule has 0 spiro atoms. The van der Waals surface area contributed by atoms with E-state index in [4.69, 9.17) is 10.5 Å². The summed E-state index contributed by atoms with van der Waals surface area (Å²) in [7, 11) is 0.